The van der Waals surface area contributed by atoms with Crippen molar-refractivity contribution >= 4 is 21.9 Å². The number of esters is 1. The zero-order valence-electron chi connectivity index (χ0n) is 11.2. The lowest BCUT2D eigenvalue weighted by atomic mass is 10.1. The third-order valence-electron chi connectivity index (χ3n) is 3.45. The van der Waals surface area contributed by atoms with E-state index in [0.717, 1.165) is 10.0 Å². The molecule has 0 bridgehead atoms. The molecule has 6 heteroatoms. The number of hydrogen-bond acceptors (Lipinski definition) is 3. The molecule has 0 aromatic heterocycles. The van der Waals surface area contributed by atoms with Crippen molar-refractivity contribution in [3.63, 3.8) is 0 Å². The summed E-state index contributed by atoms with van der Waals surface area (Å²) >= 11 is 3.42. The first kappa shape index (κ1) is 15.4. The van der Waals surface area contributed by atoms with Crippen molar-refractivity contribution in [3.8, 4) is 0 Å². The molecule has 3 nitrogen and oxygen atoms in total. The quantitative estimate of drug-likeness (QED) is 0.784. The smallest absolute Gasteiger partial charge is 0.337 e. The van der Waals surface area contributed by atoms with Gasteiger partial charge in [-0.15, -0.1) is 0 Å². The molecule has 0 aliphatic carbocycles. The van der Waals surface area contributed by atoms with Crippen molar-refractivity contribution in [3.05, 3.63) is 33.8 Å². The summed E-state index contributed by atoms with van der Waals surface area (Å²) in [5.74, 6) is -2.94. The number of rotatable bonds is 3. The molecule has 20 heavy (non-hydrogen) atoms. The highest BCUT2D eigenvalue weighted by atomic mass is 79.9. The Balaban J connectivity index is 2.07. The van der Waals surface area contributed by atoms with Crippen LogP contribution in [0.4, 0.5) is 8.78 Å². The summed E-state index contributed by atoms with van der Waals surface area (Å²) in [5, 5.41) is 0. The van der Waals surface area contributed by atoms with Gasteiger partial charge in [0.2, 0.25) is 0 Å². The maximum absolute atomic E-state index is 13.1. The van der Waals surface area contributed by atoms with E-state index in [1.165, 1.54) is 7.11 Å². The Bertz CT molecular complexity index is 498. The van der Waals surface area contributed by atoms with E-state index in [2.05, 4.69) is 20.7 Å². The van der Waals surface area contributed by atoms with E-state index in [1.807, 2.05) is 4.90 Å². The van der Waals surface area contributed by atoms with Gasteiger partial charge in [-0.3, -0.25) is 4.90 Å². The van der Waals surface area contributed by atoms with Crippen molar-refractivity contribution in [2.75, 3.05) is 20.2 Å². The van der Waals surface area contributed by atoms with E-state index in [0.29, 0.717) is 25.2 Å². The number of alkyl halides is 2. The van der Waals surface area contributed by atoms with E-state index in [4.69, 9.17) is 0 Å². The largest absolute Gasteiger partial charge is 0.465 e. The molecule has 0 spiro atoms. The van der Waals surface area contributed by atoms with Crippen LogP contribution in [0, 0.1) is 0 Å². The predicted octanol–water partition coefficient (Wildman–Crippen LogP) is 3.47. The molecular weight excluding hydrogens is 332 g/mol. The molecule has 1 aliphatic rings. The van der Waals surface area contributed by atoms with Crippen LogP contribution in [-0.2, 0) is 11.3 Å². The van der Waals surface area contributed by atoms with Crippen LogP contribution in [0.2, 0.25) is 0 Å². The molecule has 1 aromatic rings. The first-order valence-electron chi connectivity index (χ1n) is 6.38. The van der Waals surface area contributed by atoms with Crippen LogP contribution in [0.5, 0.6) is 0 Å². The standard InChI is InChI=1S/C14H16BrF2NO2/c1-20-13(19)10-2-3-12(15)11(8-10)9-18-6-4-14(16,17)5-7-18/h2-3,8H,4-7,9H2,1H3. The van der Waals surface area contributed by atoms with Crippen LogP contribution in [0.25, 0.3) is 0 Å². The summed E-state index contributed by atoms with van der Waals surface area (Å²) in [6, 6.07) is 5.19. The number of nitrogens with zero attached hydrogens (tertiary/aromatic N) is 1. The van der Waals surface area contributed by atoms with Gasteiger partial charge in [-0.25, -0.2) is 13.6 Å². The van der Waals surface area contributed by atoms with Crippen LogP contribution in [-0.4, -0.2) is 37.0 Å². The van der Waals surface area contributed by atoms with Gasteiger partial charge >= 0.3 is 5.97 Å². The van der Waals surface area contributed by atoms with Gasteiger partial charge < -0.3 is 4.74 Å². The summed E-state index contributed by atoms with van der Waals surface area (Å²) in [5.41, 5.74) is 1.37. The van der Waals surface area contributed by atoms with Gasteiger partial charge in [-0.2, -0.15) is 0 Å². The minimum absolute atomic E-state index is 0.110. The van der Waals surface area contributed by atoms with Gasteiger partial charge in [-0.1, -0.05) is 15.9 Å². The monoisotopic (exact) mass is 347 g/mol. The average Bonchev–Trinajstić information content (AvgIpc) is 2.42. The lowest BCUT2D eigenvalue weighted by molar-refractivity contribution is -0.0566. The SMILES string of the molecule is COC(=O)c1ccc(Br)c(CN2CCC(F)(F)CC2)c1. The molecule has 0 radical (unpaired) electrons. The summed E-state index contributed by atoms with van der Waals surface area (Å²) < 4.78 is 31.8. The molecule has 1 aromatic carbocycles. The molecule has 0 amide bonds. The Labute approximate surface area is 125 Å². The lowest BCUT2D eigenvalue weighted by Gasteiger charge is -2.31. The molecule has 0 saturated carbocycles. The highest BCUT2D eigenvalue weighted by Gasteiger charge is 2.33. The van der Waals surface area contributed by atoms with Gasteiger partial charge in [0.25, 0.3) is 5.92 Å². The molecule has 1 aliphatic heterocycles. The van der Waals surface area contributed by atoms with E-state index >= 15 is 0 Å². The molecule has 0 atom stereocenters. The summed E-state index contributed by atoms with van der Waals surface area (Å²) in [6.07, 6.45) is -0.220. The second kappa shape index (κ2) is 6.18. The molecular formula is C14H16BrF2NO2. The predicted molar refractivity (Wildman–Crippen MR) is 74.9 cm³/mol. The normalized spacial score (nSPS) is 18.8. The Morgan fingerprint density at radius 1 is 1.40 bits per heavy atom. The minimum Gasteiger partial charge on any atom is -0.465 e. The van der Waals surface area contributed by atoms with E-state index < -0.39 is 11.9 Å². The van der Waals surface area contributed by atoms with E-state index in [9.17, 15) is 13.6 Å². The number of hydrogen-bond donors (Lipinski definition) is 0. The van der Waals surface area contributed by atoms with Crippen LogP contribution >= 0.6 is 15.9 Å². The molecule has 1 fully saturated rings. The van der Waals surface area contributed by atoms with Gasteiger partial charge in [0.05, 0.1) is 12.7 Å². The first-order valence-corrected chi connectivity index (χ1v) is 7.17. The highest BCUT2D eigenvalue weighted by molar-refractivity contribution is 9.10. The number of carbonyl (C=O) groups excluding carboxylic acids is 1. The average molecular weight is 348 g/mol. The topological polar surface area (TPSA) is 29.5 Å². The second-order valence-electron chi connectivity index (χ2n) is 4.93. The van der Waals surface area contributed by atoms with Crippen LogP contribution in [0.1, 0.15) is 28.8 Å². The number of piperidine rings is 1. The van der Waals surface area contributed by atoms with Gasteiger partial charge in [0.1, 0.15) is 0 Å². The number of halogens is 3. The number of carbonyl (C=O) groups is 1. The fourth-order valence-electron chi connectivity index (χ4n) is 2.22. The zero-order valence-corrected chi connectivity index (χ0v) is 12.8. The van der Waals surface area contributed by atoms with E-state index in [-0.39, 0.29) is 12.8 Å². The third kappa shape index (κ3) is 3.76. The number of likely N-dealkylation sites (tertiary alicyclic amines) is 1. The van der Waals surface area contributed by atoms with Crippen molar-refractivity contribution in [2.24, 2.45) is 0 Å². The molecule has 0 unspecified atom stereocenters. The zero-order chi connectivity index (χ0) is 14.8. The lowest BCUT2D eigenvalue weighted by Crippen LogP contribution is -2.38. The summed E-state index contributed by atoms with van der Waals surface area (Å²) in [7, 11) is 1.33. The molecule has 1 heterocycles. The van der Waals surface area contributed by atoms with Gasteiger partial charge in [-0.05, 0) is 23.8 Å². The Hall–Kier alpha value is -1.01. The fraction of sp³-hybridized carbons (Fsp3) is 0.500. The maximum Gasteiger partial charge on any atom is 0.337 e. The van der Waals surface area contributed by atoms with Crippen molar-refractivity contribution in [1.82, 2.24) is 4.90 Å². The maximum atomic E-state index is 13.1. The first-order chi connectivity index (χ1) is 9.41. The van der Waals surface area contributed by atoms with Crippen LogP contribution in [0.15, 0.2) is 22.7 Å². The third-order valence-corrected chi connectivity index (χ3v) is 4.22. The fourth-order valence-corrected chi connectivity index (χ4v) is 2.59. The van der Waals surface area contributed by atoms with Crippen LogP contribution in [0.3, 0.4) is 0 Å². The molecule has 110 valence electrons. The Morgan fingerprint density at radius 3 is 2.65 bits per heavy atom. The van der Waals surface area contributed by atoms with Crippen molar-refractivity contribution in [2.45, 2.75) is 25.3 Å². The number of ether oxygens (including phenoxy) is 1. The summed E-state index contributed by atoms with van der Waals surface area (Å²) in [6.45, 7) is 1.27. The van der Waals surface area contributed by atoms with Crippen LogP contribution < -0.4 is 0 Å². The van der Waals surface area contributed by atoms with Gasteiger partial charge in [0.15, 0.2) is 0 Å². The van der Waals surface area contributed by atoms with E-state index in [1.54, 1.807) is 18.2 Å². The van der Waals surface area contributed by atoms with Crippen molar-refractivity contribution in [1.29, 1.82) is 0 Å². The minimum atomic E-state index is -2.54. The Morgan fingerprint density at radius 2 is 2.05 bits per heavy atom. The van der Waals surface area contributed by atoms with Crippen molar-refractivity contribution < 1.29 is 18.3 Å². The number of benzene rings is 1. The second-order valence-corrected chi connectivity index (χ2v) is 5.78. The highest BCUT2D eigenvalue weighted by Crippen LogP contribution is 2.29. The van der Waals surface area contributed by atoms with Gasteiger partial charge in [0, 0.05) is 36.9 Å². The molecule has 2 rings (SSSR count). The Kier molecular flexibility index (Phi) is 4.75. The molecule has 0 N–H and O–H groups in total. The summed E-state index contributed by atoms with van der Waals surface area (Å²) in [4.78, 5) is 13.5. The number of methoxy groups -OCH3 is 1. The molecule has 1 saturated heterocycles.